The number of nitro benzene ring substituents is 1. The van der Waals surface area contributed by atoms with Crippen molar-refractivity contribution in [3.05, 3.63) is 56.8 Å². The highest BCUT2D eigenvalue weighted by Gasteiger charge is 2.06. The van der Waals surface area contributed by atoms with Crippen LogP contribution in [0.2, 0.25) is 0 Å². The summed E-state index contributed by atoms with van der Waals surface area (Å²) in [4.78, 5) is 22.8. The maximum atomic E-state index is 11.6. The van der Waals surface area contributed by atoms with Crippen LogP contribution in [-0.2, 0) is 6.42 Å². The number of nitrogens with zero attached hydrogens (tertiary/aromatic N) is 1. The number of amides is 2. The third-order valence-electron chi connectivity index (χ3n) is 2.57. The summed E-state index contributed by atoms with van der Waals surface area (Å²) in [7, 11) is 0. The fourth-order valence-electron chi connectivity index (χ4n) is 1.60. The number of carbonyl (C=O) groups is 1. The van der Waals surface area contributed by atoms with Crippen molar-refractivity contribution in [2.45, 2.75) is 6.42 Å². The second kappa shape index (κ2) is 6.67. The molecule has 2 aromatic rings. The number of hydrogen-bond donors (Lipinski definition) is 2. The average molecular weight is 291 g/mol. The monoisotopic (exact) mass is 291 g/mol. The van der Waals surface area contributed by atoms with Gasteiger partial charge in [-0.2, -0.15) is 0 Å². The SMILES string of the molecule is O=C(NCCc1cccs1)Nc1ccc([N+](=O)[O-])cc1. The summed E-state index contributed by atoms with van der Waals surface area (Å²) in [6.07, 6.45) is 0.783. The largest absolute Gasteiger partial charge is 0.338 e. The molecular formula is C13H13N3O3S. The molecule has 0 saturated carbocycles. The average Bonchev–Trinajstić information content (AvgIpc) is 2.92. The van der Waals surface area contributed by atoms with Crippen molar-refractivity contribution < 1.29 is 9.72 Å². The van der Waals surface area contributed by atoms with E-state index in [1.165, 1.54) is 29.1 Å². The lowest BCUT2D eigenvalue weighted by atomic mass is 10.3. The van der Waals surface area contributed by atoms with Crippen molar-refractivity contribution >= 4 is 28.7 Å². The number of rotatable bonds is 5. The minimum absolute atomic E-state index is 0.00588. The molecule has 1 aromatic carbocycles. The Kier molecular flexibility index (Phi) is 4.67. The molecule has 2 amide bonds. The first-order chi connectivity index (χ1) is 9.65. The maximum absolute atomic E-state index is 11.6. The molecule has 0 aliphatic rings. The lowest BCUT2D eigenvalue weighted by Crippen LogP contribution is -2.30. The third kappa shape index (κ3) is 4.06. The zero-order chi connectivity index (χ0) is 14.4. The summed E-state index contributed by atoms with van der Waals surface area (Å²) in [6.45, 7) is 0.541. The first kappa shape index (κ1) is 14.0. The van der Waals surface area contributed by atoms with Gasteiger partial charge in [-0.25, -0.2) is 4.79 Å². The van der Waals surface area contributed by atoms with Crippen LogP contribution in [0.3, 0.4) is 0 Å². The van der Waals surface area contributed by atoms with Gasteiger partial charge in [0.1, 0.15) is 0 Å². The Balaban J connectivity index is 1.77. The highest BCUT2D eigenvalue weighted by Crippen LogP contribution is 2.15. The molecule has 0 atom stereocenters. The fraction of sp³-hybridized carbons (Fsp3) is 0.154. The Morgan fingerprint density at radius 3 is 2.60 bits per heavy atom. The van der Waals surface area contributed by atoms with Crippen molar-refractivity contribution in [2.24, 2.45) is 0 Å². The number of anilines is 1. The molecule has 0 saturated heterocycles. The Hall–Kier alpha value is -2.41. The van der Waals surface area contributed by atoms with Crippen molar-refractivity contribution in [3.63, 3.8) is 0 Å². The van der Waals surface area contributed by atoms with E-state index in [1.54, 1.807) is 11.3 Å². The predicted octanol–water partition coefficient (Wildman–Crippen LogP) is 3.02. The zero-order valence-electron chi connectivity index (χ0n) is 10.5. The van der Waals surface area contributed by atoms with Crippen molar-refractivity contribution in [1.29, 1.82) is 0 Å². The normalized spacial score (nSPS) is 10.0. The number of hydrogen-bond acceptors (Lipinski definition) is 4. The molecule has 104 valence electrons. The molecular weight excluding hydrogens is 278 g/mol. The molecule has 7 heteroatoms. The number of nitrogens with one attached hydrogen (secondary N) is 2. The number of carbonyl (C=O) groups excluding carboxylic acids is 1. The fourth-order valence-corrected chi connectivity index (χ4v) is 2.30. The van der Waals surface area contributed by atoms with Gasteiger partial charge in [0.05, 0.1) is 4.92 Å². The second-order valence-corrected chi connectivity index (χ2v) is 5.05. The Labute approximate surface area is 119 Å². The van der Waals surface area contributed by atoms with Crippen LogP contribution >= 0.6 is 11.3 Å². The van der Waals surface area contributed by atoms with Crippen LogP contribution in [-0.4, -0.2) is 17.5 Å². The highest BCUT2D eigenvalue weighted by molar-refractivity contribution is 7.09. The third-order valence-corrected chi connectivity index (χ3v) is 3.51. The van der Waals surface area contributed by atoms with Gasteiger partial charge in [-0.3, -0.25) is 10.1 Å². The standard InChI is InChI=1S/C13H13N3O3S/c17-13(14-8-7-12-2-1-9-20-12)15-10-3-5-11(6-4-10)16(18)19/h1-6,9H,7-8H2,(H2,14,15,17). The Morgan fingerprint density at radius 2 is 2.00 bits per heavy atom. The summed E-state index contributed by atoms with van der Waals surface area (Å²) in [6, 6.07) is 9.35. The van der Waals surface area contributed by atoms with E-state index >= 15 is 0 Å². The number of urea groups is 1. The molecule has 0 fully saturated rings. The van der Waals surface area contributed by atoms with Crippen LogP contribution in [0.1, 0.15) is 4.88 Å². The lowest BCUT2D eigenvalue weighted by molar-refractivity contribution is -0.384. The van der Waals surface area contributed by atoms with Gasteiger partial charge in [-0.15, -0.1) is 11.3 Å². The van der Waals surface area contributed by atoms with E-state index < -0.39 is 4.92 Å². The number of nitro groups is 1. The first-order valence-corrected chi connectivity index (χ1v) is 6.85. The first-order valence-electron chi connectivity index (χ1n) is 5.97. The molecule has 0 aliphatic heterocycles. The number of non-ortho nitro benzene ring substituents is 1. The Bertz CT molecular complexity index is 581. The molecule has 0 unspecified atom stereocenters. The number of benzene rings is 1. The van der Waals surface area contributed by atoms with Crippen LogP contribution in [0.4, 0.5) is 16.2 Å². The van der Waals surface area contributed by atoms with Gasteiger partial charge in [0.2, 0.25) is 0 Å². The van der Waals surface area contributed by atoms with Crippen LogP contribution in [0.5, 0.6) is 0 Å². The molecule has 0 bridgehead atoms. The van der Waals surface area contributed by atoms with Gasteiger partial charge < -0.3 is 10.6 Å². The van der Waals surface area contributed by atoms with Gasteiger partial charge >= 0.3 is 6.03 Å². The van der Waals surface area contributed by atoms with Gasteiger partial charge in [-0.1, -0.05) is 6.07 Å². The highest BCUT2D eigenvalue weighted by atomic mass is 32.1. The van der Waals surface area contributed by atoms with Crippen molar-refractivity contribution in [1.82, 2.24) is 5.32 Å². The molecule has 1 heterocycles. The topological polar surface area (TPSA) is 84.3 Å². The van der Waals surface area contributed by atoms with Gasteiger partial charge in [-0.05, 0) is 30.0 Å². The van der Waals surface area contributed by atoms with Crippen molar-refractivity contribution in [3.8, 4) is 0 Å². The summed E-state index contributed by atoms with van der Waals surface area (Å²) < 4.78 is 0. The zero-order valence-corrected chi connectivity index (χ0v) is 11.4. The summed E-state index contributed by atoms with van der Waals surface area (Å²) in [5.74, 6) is 0. The predicted molar refractivity (Wildman–Crippen MR) is 78.1 cm³/mol. The van der Waals surface area contributed by atoms with Crippen LogP contribution < -0.4 is 10.6 Å². The molecule has 0 spiro atoms. The van der Waals surface area contributed by atoms with E-state index in [4.69, 9.17) is 0 Å². The molecule has 2 N–H and O–H groups in total. The van der Waals surface area contributed by atoms with Crippen LogP contribution in [0.15, 0.2) is 41.8 Å². The maximum Gasteiger partial charge on any atom is 0.319 e. The molecule has 6 nitrogen and oxygen atoms in total. The van der Waals surface area contributed by atoms with E-state index in [1.807, 2.05) is 17.5 Å². The van der Waals surface area contributed by atoms with Crippen LogP contribution in [0.25, 0.3) is 0 Å². The number of thiophene rings is 1. The molecule has 1 aromatic heterocycles. The van der Waals surface area contributed by atoms with E-state index in [0.717, 1.165) is 6.42 Å². The van der Waals surface area contributed by atoms with Crippen LogP contribution in [0, 0.1) is 10.1 Å². The Morgan fingerprint density at radius 1 is 1.25 bits per heavy atom. The quantitative estimate of drug-likeness (QED) is 0.656. The summed E-state index contributed by atoms with van der Waals surface area (Å²) in [5, 5.41) is 17.8. The van der Waals surface area contributed by atoms with Gasteiger partial charge in [0, 0.05) is 29.2 Å². The molecule has 0 aliphatic carbocycles. The summed E-state index contributed by atoms with van der Waals surface area (Å²) in [5.41, 5.74) is 0.512. The van der Waals surface area contributed by atoms with Crippen molar-refractivity contribution in [2.75, 3.05) is 11.9 Å². The minimum atomic E-state index is -0.481. The van der Waals surface area contributed by atoms with E-state index in [9.17, 15) is 14.9 Å². The van der Waals surface area contributed by atoms with E-state index in [2.05, 4.69) is 10.6 Å². The van der Waals surface area contributed by atoms with Gasteiger partial charge in [0.25, 0.3) is 5.69 Å². The summed E-state index contributed by atoms with van der Waals surface area (Å²) >= 11 is 1.65. The molecule has 20 heavy (non-hydrogen) atoms. The minimum Gasteiger partial charge on any atom is -0.338 e. The van der Waals surface area contributed by atoms with Gasteiger partial charge in [0.15, 0.2) is 0 Å². The molecule has 0 radical (unpaired) electrons. The van der Waals surface area contributed by atoms with E-state index in [0.29, 0.717) is 12.2 Å². The van der Waals surface area contributed by atoms with E-state index in [-0.39, 0.29) is 11.7 Å². The lowest BCUT2D eigenvalue weighted by Gasteiger charge is -2.06. The smallest absolute Gasteiger partial charge is 0.319 e. The molecule has 2 rings (SSSR count). The second-order valence-electron chi connectivity index (χ2n) is 4.01.